The van der Waals surface area contributed by atoms with Gasteiger partial charge in [0, 0.05) is 18.1 Å². The van der Waals surface area contributed by atoms with Gasteiger partial charge in [-0.2, -0.15) is 5.10 Å². The monoisotopic (exact) mass is 438 g/mol. The molecule has 1 unspecified atom stereocenters. The molecular formula is C20H23ClN2O5S. The van der Waals surface area contributed by atoms with Crippen LogP contribution in [0, 0.1) is 6.92 Å². The number of halogens is 1. The lowest BCUT2D eigenvalue weighted by Crippen LogP contribution is -2.12. The van der Waals surface area contributed by atoms with Gasteiger partial charge in [0.25, 0.3) is 0 Å². The Labute approximate surface area is 175 Å². The third-order valence-corrected chi connectivity index (χ3v) is 6.93. The molecule has 2 heterocycles. The quantitative estimate of drug-likeness (QED) is 0.487. The highest BCUT2D eigenvalue weighted by Crippen LogP contribution is 2.30. The van der Waals surface area contributed by atoms with E-state index in [4.69, 9.17) is 21.1 Å². The van der Waals surface area contributed by atoms with E-state index < -0.39 is 15.8 Å². The first-order chi connectivity index (χ1) is 13.8. The van der Waals surface area contributed by atoms with Gasteiger partial charge in [0.1, 0.15) is 10.9 Å². The van der Waals surface area contributed by atoms with Crippen molar-refractivity contribution >= 4 is 33.5 Å². The summed E-state index contributed by atoms with van der Waals surface area (Å²) in [4.78, 5) is 12.0. The summed E-state index contributed by atoms with van der Waals surface area (Å²) in [5.74, 6) is 0.463. The number of hydrogen-bond donors (Lipinski definition) is 0. The van der Waals surface area contributed by atoms with Gasteiger partial charge in [0.05, 0.1) is 37.0 Å². The van der Waals surface area contributed by atoms with E-state index in [1.54, 1.807) is 20.1 Å². The minimum Gasteiger partial charge on any atom is -0.497 e. The number of rotatable bonds is 7. The van der Waals surface area contributed by atoms with Crippen LogP contribution in [0.5, 0.6) is 5.75 Å². The summed E-state index contributed by atoms with van der Waals surface area (Å²) in [7, 11) is -1.44. The molecule has 2 aromatic rings. The zero-order chi connectivity index (χ0) is 21.0. The van der Waals surface area contributed by atoms with Crippen molar-refractivity contribution in [1.29, 1.82) is 0 Å². The van der Waals surface area contributed by atoms with Crippen LogP contribution in [0.4, 0.5) is 0 Å². The molecule has 1 aliphatic heterocycles. The Hall–Kier alpha value is -2.32. The van der Waals surface area contributed by atoms with Gasteiger partial charge < -0.3 is 9.47 Å². The molecule has 0 aliphatic carbocycles. The standard InChI is InChI=1S/C20H23ClN2O5S/c1-14-18(20(21)23(22-14)16-10-12-29(25,26)13-16)7-8-19(24)28-11-9-15-3-5-17(27-2)6-4-15/h3-8,16H,9-13H2,1-2H3. The van der Waals surface area contributed by atoms with Gasteiger partial charge in [-0.25, -0.2) is 17.9 Å². The Morgan fingerprint density at radius 2 is 2.07 bits per heavy atom. The number of benzene rings is 1. The fourth-order valence-corrected chi connectivity index (χ4v) is 5.26. The number of esters is 1. The van der Waals surface area contributed by atoms with Gasteiger partial charge in [0.2, 0.25) is 0 Å². The molecule has 0 bridgehead atoms. The maximum absolute atomic E-state index is 12.0. The third-order valence-electron chi connectivity index (χ3n) is 4.81. The molecule has 0 N–H and O–H groups in total. The maximum Gasteiger partial charge on any atom is 0.330 e. The average Bonchev–Trinajstić information content (AvgIpc) is 3.19. The minimum atomic E-state index is -3.05. The molecule has 3 rings (SSSR count). The van der Waals surface area contributed by atoms with Crippen molar-refractivity contribution < 1.29 is 22.7 Å². The van der Waals surface area contributed by atoms with Crippen LogP contribution in [0.3, 0.4) is 0 Å². The summed E-state index contributed by atoms with van der Waals surface area (Å²) >= 11 is 6.39. The molecule has 0 saturated carbocycles. The van der Waals surface area contributed by atoms with Crippen molar-refractivity contribution in [3.05, 3.63) is 52.3 Å². The smallest absolute Gasteiger partial charge is 0.330 e. The maximum atomic E-state index is 12.0. The molecule has 0 spiro atoms. The first kappa shape index (κ1) is 21.4. The molecule has 1 atom stereocenters. The number of carbonyl (C=O) groups excluding carboxylic acids is 1. The Kier molecular flexibility index (Phi) is 6.64. The predicted molar refractivity (Wildman–Crippen MR) is 111 cm³/mol. The van der Waals surface area contributed by atoms with Crippen LogP contribution < -0.4 is 4.74 Å². The van der Waals surface area contributed by atoms with E-state index in [0.29, 0.717) is 29.3 Å². The molecule has 1 aromatic heterocycles. The summed E-state index contributed by atoms with van der Waals surface area (Å²) in [6.07, 6.45) is 3.94. The fraction of sp³-hybridized carbons (Fsp3) is 0.400. The zero-order valence-corrected chi connectivity index (χ0v) is 17.9. The summed E-state index contributed by atoms with van der Waals surface area (Å²) in [6.45, 7) is 2.02. The second kappa shape index (κ2) is 9.00. The van der Waals surface area contributed by atoms with Gasteiger partial charge in [0.15, 0.2) is 9.84 Å². The topological polar surface area (TPSA) is 87.5 Å². The highest BCUT2D eigenvalue weighted by atomic mass is 35.5. The van der Waals surface area contributed by atoms with E-state index in [0.717, 1.165) is 11.3 Å². The van der Waals surface area contributed by atoms with E-state index >= 15 is 0 Å². The largest absolute Gasteiger partial charge is 0.497 e. The molecule has 7 nitrogen and oxygen atoms in total. The number of ether oxygens (including phenoxy) is 2. The van der Waals surface area contributed by atoms with E-state index in [-0.39, 0.29) is 24.2 Å². The van der Waals surface area contributed by atoms with E-state index in [1.807, 2.05) is 24.3 Å². The summed E-state index contributed by atoms with van der Waals surface area (Å²) in [5.41, 5.74) is 2.25. The SMILES string of the molecule is COc1ccc(CCOC(=O)C=Cc2c(C)nn(C3CCS(=O)(=O)C3)c2Cl)cc1. The first-order valence-corrected chi connectivity index (χ1v) is 11.4. The summed E-state index contributed by atoms with van der Waals surface area (Å²) in [6, 6.07) is 7.28. The van der Waals surface area contributed by atoms with Crippen LogP contribution in [-0.4, -0.2) is 49.4 Å². The number of aromatic nitrogens is 2. The molecule has 1 aromatic carbocycles. The first-order valence-electron chi connectivity index (χ1n) is 9.22. The lowest BCUT2D eigenvalue weighted by molar-refractivity contribution is -0.137. The lowest BCUT2D eigenvalue weighted by atomic mass is 10.1. The fourth-order valence-electron chi connectivity index (χ4n) is 3.19. The van der Waals surface area contributed by atoms with Crippen LogP contribution in [-0.2, 0) is 25.8 Å². The Balaban J connectivity index is 1.57. The van der Waals surface area contributed by atoms with Gasteiger partial charge in [-0.1, -0.05) is 23.7 Å². The highest BCUT2D eigenvalue weighted by Gasteiger charge is 2.31. The van der Waals surface area contributed by atoms with Crippen molar-refractivity contribution in [2.24, 2.45) is 0 Å². The molecule has 1 fully saturated rings. The Bertz CT molecular complexity index is 1010. The number of sulfone groups is 1. The number of nitrogens with zero attached hydrogens (tertiary/aromatic N) is 2. The van der Waals surface area contributed by atoms with Gasteiger partial charge >= 0.3 is 5.97 Å². The number of carbonyl (C=O) groups is 1. The third kappa shape index (κ3) is 5.39. The van der Waals surface area contributed by atoms with Crippen LogP contribution in [0.2, 0.25) is 5.15 Å². The van der Waals surface area contributed by atoms with Gasteiger partial charge in [-0.3, -0.25) is 0 Å². The minimum absolute atomic E-state index is 0.0321. The Morgan fingerprint density at radius 1 is 1.34 bits per heavy atom. The van der Waals surface area contributed by atoms with Crippen molar-refractivity contribution in [2.75, 3.05) is 25.2 Å². The zero-order valence-electron chi connectivity index (χ0n) is 16.3. The molecular weight excluding hydrogens is 416 g/mol. The van der Waals surface area contributed by atoms with Crippen LogP contribution in [0.1, 0.15) is 29.3 Å². The normalized spacial score (nSPS) is 18.2. The van der Waals surface area contributed by atoms with E-state index in [9.17, 15) is 13.2 Å². The van der Waals surface area contributed by atoms with Gasteiger partial charge in [-0.15, -0.1) is 0 Å². The summed E-state index contributed by atoms with van der Waals surface area (Å²) in [5, 5.41) is 4.68. The number of hydrogen-bond acceptors (Lipinski definition) is 6. The van der Waals surface area contributed by atoms with Crippen molar-refractivity contribution in [3.63, 3.8) is 0 Å². The van der Waals surface area contributed by atoms with Crippen molar-refractivity contribution in [3.8, 4) is 5.75 Å². The van der Waals surface area contributed by atoms with E-state index in [1.165, 1.54) is 10.8 Å². The van der Waals surface area contributed by atoms with Crippen molar-refractivity contribution in [2.45, 2.75) is 25.8 Å². The molecule has 0 radical (unpaired) electrons. The van der Waals surface area contributed by atoms with Crippen LogP contribution >= 0.6 is 11.6 Å². The second-order valence-electron chi connectivity index (χ2n) is 6.89. The van der Waals surface area contributed by atoms with Crippen molar-refractivity contribution in [1.82, 2.24) is 9.78 Å². The average molecular weight is 439 g/mol. The Morgan fingerprint density at radius 3 is 2.69 bits per heavy atom. The molecule has 1 aliphatic rings. The second-order valence-corrected chi connectivity index (χ2v) is 9.48. The molecule has 1 saturated heterocycles. The molecule has 156 valence electrons. The number of methoxy groups -OCH3 is 1. The highest BCUT2D eigenvalue weighted by molar-refractivity contribution is 7.91. The molecule has 29 heavy (non-hydrogen) atoms. The van der Waals surface area contributed by atoms with Crippen LogP contribution in [0.15, 0.2) is 30.3 Å². The number of aryl methyl sites for hydroxylation is 1. The summed E-state index contributed by atoms with van der Waals surface area (Å²) < 4.78 is 35.3. The lowest BCUT2D eigenvalue weighted by Gasteiger charge is -2.09. The van der Waals surface area contributed by atoms with Gasteiger partial charge in [-0.05, 0) is 37.1 Å². The molecule has 0 amide bonds. The molecule has 9 heteroatoms. The van der Waals surface area contributed by atoms with Crippen LogP contribution in [0.25, 0.3) is 6.08 Å². The predicted octanol–water partition coefficient (Wildman–Crippen LogP) is 3.01. The van der Waals surface area contributed by atoms with E-state index in [2.05, 4.69) is 5.10 Å².